The molecule has 1 aliphatic heterocycles. The summed E-state index contributed by atoms with van der Waals surface area (Å²) in [5.41, 5.74) is 4.06. The van der Waals surface area contributed by atoms with Crippen LogP contribution in [0.1, 0.15) is 34.5 Å². The molecule has 0 aliphatic carbocycles. The van der Waals surface area contributed by atoms with Crippen molar-refractivity contribution in [2.24, 2.45) is 0 Å². The highest BCUT2D eigenvalue weighted by Gasteiger charge is 2.14. The molecule has 1 saturated heterocycles. The highest BCUT2D eigenvalue weighted by molar-refractivity contribution is 7.09. The van der Waals surface area contributed by atoms with E-state index >= 15 is 0 Å². The minimum absolute atomic E-state index is 0.517. The fraction of sp³-hybridized carbons (Fsp3) is 0.348. The van der Waals surface area contributed by atoms with Crippen molar-refractivity contribution >= 4 is 11.3 Å². The molecule has 1 fully saturated rings. The molecule has 4 rings (SSSR count). The average molecular weight is 379 g/mol. The molecule has 1 aromatic heterocycles. The van der Waals surface area contributed by atoms with Crippen molar-refractivity contribution in [2.75, 3.05) is 13.2 Å². The van der Waals surface area contributed by atoms with Gasteiger partial charge in [-0.1, -0.05) is 36.4 Å². The summed E-state index contributed by atoms with van der Waals surface area (Å²) in [6.45, 7) is 1.89. The number of thiazole rings is 1. The predicted octanol–water partition coefficient (Wildman–Crippen LogP) is 4.65. The van der Waals surface area contributed by atoms with Gasteiger partial charge in [0.05, 0.1) is 5.01 Å². The minimum atomic E-state index is 0.517. The molecule has 0 amide bonds. The summed E-state index contributed by atoms with van der Waals surface area (Å²) in [7, 11) is 0. The number of ether oxygens (including phenoxy) is 1. The highest BCUT2D eigenvalue weighted by Crippen LogP contribution is 2.17. The molecule has 140 valence electrons. The van der Waals surface area contributed by atoms with Crippen LogP contribution < -0.4 is 10.1 Å². The average Bonchev–Trinajstić information content (AvgIpc) is 3.41. The molecule has 1 atom stereocenters. The minimum Gasteiger partial charge on any atom is -0.492 e. The Labute approximate surface area is 165 Å². The molecule has 0 saturated carbocycles. The van der Waals surface area contributed by atoms with E-state index in [1.807, 2.05) is 11.6 Å². The molecule has 1 N–H and O–H groups in total. The van der Waals surface area contributed by atoms with Gasteiger partial charge in [0.1, 0.15) is 12.4 Å². The SMILES string of the molecule is c1csc(Cc2ccc(CCc3ccc(OCC4CCCN4)cc3)cc2)n1. The van der Waals surface area contributed by atoms with Gasteiger partial charge < -0.3 is 10.1 Å². The third kappa shape index (κ3) is 5.41. The lowest BCUT2D eigenvalue weighted by molar-refractivity contribution is 0.277. The number of hydrogen-bond donors (Lipinski definition) is 1. The molecule has 27 heavy (non-hydrogen) atoms. The Kier molecular flexibility index (Phi) is 6.17. The van der Waals surface area contributed by atoms with Gasteiger partial charge in [-0.25, -0.2) is 4.98 Å². The molecule has 4 heteroatoms. The first kappa shape index (κ1) is 18.2. The quantitative estimate of drug-likeness (QED) is 0.619. The number of nitrogens with one attached hydrogen (secondary N) is 1. The Morgan fingerprint density at radius 1 is 0.963 bits per heavy atom. The van der Waals surface area contributed by atoms with Gasteiger partial charge >= 0.3 is 0 Å². The zero-order valence-electron chi connectivity index (χ0n) is 15.6. The van der Waals surface area contributed by atoms with Crippen LogP contribution in [-0.2, 0) is 19.3 Å². The zero-order chi connectivity index (χ0) is 18.3. The fourth-order valence-electron chi connectivity index (χ4n) is 3.48. The highest BCUT2D eigenvalue weighted by atomic mass is 32.1. The van der Waals surface area contributed by atoms with Crippen LogP contribution in [0.3, 0.4) is 0 Å². The smallest absolute Gasteiger partial charge is 0.119 e. The van der Waals surface area contributed by atoms with Crippen LogP contribution in [0.2, 0.25) is 0 Å². The van der Waals surface area contributed by atoms with Gasteiger partial charge in [-0.2, -0.15) is 0 Å². The van der Waals surface area contributed by atoms with Crippen molar-refractivity contribution < 1.29 is 4.74 Å². The van der Waals surface area contributed by atoms with Crippen LogP contribution in [0.5, 0.6) is 5.75 Å². The van der Waals surface area contributed by atoms with Crippen LogP contribution in [0.4, 0.5) is 0 Å². The van der Waals surface area contributed by atoms with Gasteiger partial charge in [0.25, 0.3) is 0 Å². The summed E-state index contributed by atoms with van der Waals surface area (Å²) in [6, 6.07) is 18.0. The second-order valence-electron chi connectivity index (χ2n) is 7.17. The second-order valence-corrected chi connectivity index (χ2v) is 8.15. The molecule has 0 spiro atoms. The summed E-state index contributed by atoms with van der Waals surface area (Å²) in [6.07, 6.45) is 7.39. The molecule has 2 heterocycles. The first-order valence-corrected chi connectivity index (χ1v) is 10.6. The third-order valence-corrected chi connectivity index (χ3v) is 5.88. The Balaban J connectivity index is 1.24. The number of benzene rings is 2. The molecule has 3 aromatic rings. The zero-order valence-corrected chi connectivity index (χ0v) is 16.4. The summed E-state index contributed by atoms with van der Waals surface area (Å²) in [5, 5.41) is 6.67. The van der Waals surface area contributed by atoms with Crippen LogP contribution in [0, 0.1) is 0 Å². The van der Waals surface area contributed by atoms with Crippen molar-refractivity contribution in [3.8, 4) is 5.75 Å². The van der Waals surface area contributed by atoms with Gasteiger partial charge in [0.2, 0.25) is 0 Å². The van der Waals surface area contributed by atoms with Gasteiger partial charge in [0, 0.05) is 24.0 Å². The Morgan fingerprint density at radius 3 is 2.30 bits per heavy atom. The molecule has 0 bridgehead atoms. The van der Waals surface area contributed by atoms with Gasteiger partial charge in [-0.3, -0.25) is 0 Å². The maximum Gasteiger partial charge on any atom is 0.119 e. The molecule has 0 radical (unpaired) electrons. The normalized spacial score (nSPS) is 16.5. The fourth-order valence-corrected chi connectivity index (χ4v) is 4.13. The number of hydrogen-bond acceptors (Lipinski definition) is 4. The van der Waals surface area contributed by atoms with E-state index in [4.69, 9.17) is 4.74 Å². The third-order valence-electron chi connectivity index (χ3n) is 5.10. The van der Waals surface area contributed by atoms with Gasteiger partial charge in [0.15, 0.2) is 0 Å². The molecular weight excluding hydrogens is 352 g/mol. The van der Waals surface area contributed by atoms with Crippen molar-refractivity contribution in [1.82, 2.24) is 10.3 Å². The lowest BCUT2D eigenvalue weighted by Gasteiger charge is -2.12. The molecule has 3 nitrogen and oxygen atoms in total. The maximum absolute atomic E-state index is 5.90. The first-order valence-electron chi connectivity index (χ1n) is 9.76. The number of rotatable bonds is 8. The van der Waals surface area contributed by atoms with Gasteiger partial charge in [-0.15, -0.1) is 11.3 Å². The molecule has 2 aromatic carbocycles. The van der Waals surface area contributed by atoms with E-state index in [0.717, 1.165) is 38.2 Å². The van der Waals surface area contributed by atoms with Crippen LogP contribution in [-0.4, -0.2) is 24.2 Å². The summed E-state index contributed by atoms with van der Waals surface area (Å²) in [4.78, 5) is 4.36. The second kappa shape index (κ2) is 9.16. The maximum atomic E-state index is 5.90. The molecule has 1 unspecified atom stereocenters. The van der Waals surface area contributed by atoms with E-state index in [1.54, 1.807) is 11.3 Å². The van der Waals surface area contributed by atoms with E-state index in [-0.39, 0.29) is 0 Å². The Hall–Kier alpha value is -2.17. The number of aromatic nitrogens is 1. The first-order chi connectivity index (χ1) is 13.3. The standard InChI is InChI=1S/C23H26N2OS/c1-2-21(24-13-1)17-26-22-11-9-19(10-12-22)4-3-18-5-7-20(8-6-18)16-23-25-14-15-27-23/h5-12,14-15,21,24H,1-4,13,16-17H2. The number of nitrogens with zero attached hydrogens (tertiary/aromatic N) is 1. The number of aryl methyl sites for hydroxylation is 2. The monoisotopic (exact) mass is 378 g/mol. The lowest BCUT2D eigenvalue weighted by Crippen LogP contribution is -2.28. The largest absolute Gasteiger partial charge is 0.492 e. The van der Waals surface area contributed by atoms with Crippen LogP contribution in [0.25, 0.3) is 0 Å². The van der Waals surface area contributed by atoms with E-state index in [1.165, 1.54) is 34.5 Å². The van der Waals surface area contributed by atoms with Crippen molar-refractivity contribution in [3.63, 3.8) is 0 Å². The van der Waals surface area contributed by atoms with Crippen LogP contribution >= 0.6 is 11.3 Å². The van der Waals surface area contributed by atoms with E-state index in [2.05, 4.69) is 58.8 Å². The molecular formula is C23H26N2OS. The summed E-state index contributed by atoms with van der Waals surface area (Å²) in [5.74, 6) is 0.971. The van der Waals surface area contributed by atoms with Crippen molar-refractivity contribution in [2.45, 2.75) is 38.1 Å². The van der Waals surface area contributed by atoms with Crippen LogP contribution in [0.15, 0.2) is 60.1 Å². The lowest BCUT2D eigenvalue weighted by atomic mass is 10.0. The Morgan fingerprint density at radius 2 is 1.67 bits per heavy atom. The van der Waals surface area contributed by atoms with E-state index in [0.29, 0.717) is 6.04 Å². The van der Waals surface area contributed by atoms with Gasteiger partial charge in [-0.05, 0) is 61.1 Å². The van der Waals surface area contributed by atoms with E-state index in [9.17, 15) is 0 Å². The Bertz CT molecular complexity index is 807. The summed E-state index contributed by atoms with van der Waals surface area (Å²) < 4.78 is 5.90. The topological polar surface area (TPSA) is 34.1 Å². The van der Waals surface area contributed by atoms with E-state index < -0.39 is 0 Å². The predicted molar refractivity (Wildman–Crippen MR) is 112 cm³/mol. The van der Waals surface area contributed by atoms with Crippen molar-refractivity contribution in [3.05, 3.63) is 81.8 Å². The summed E-state index contributed by atoms with van der Waals surface area (Å²) >= 11 is 1.72. The molecule has 1 aliphatic rings. The van der Waals surface area contributed by atoms with Crippen molar-refractivity contribution in [1.29, 1.82) is 0 Å².